The Balaban J connectivity index is 2.21. The van der Waals surface area contributed by atoms with Gasteiger partial charge in [-0.25, -0.2) is 8.42 Å². The number of fused-ring (bicyclic) bond motifs is 1. The highest BCUT2D eigenvalue weighted by molar-refractivity contribution is 7.90. The molecule has 184 valence electrons. The van der Waals surface area contributed by atoms with Gasteiger partial charge in [-0.3, -0.25) is 4.79 Å². The van der Waals surface area contributed by atoms with Gasteiger partial charge in [0.05, 0.1) is 32.8 Å². The van der Waals surface area contributed by atoms with Crippen LogP contribution in [0.3, 0.4) is 0 Å². The molecule has 0 N–H and O–H groups in total. The van der Waals surface area contributed by atoms with Gasteiger partial charge in [-0.2, -0.15) is 31.3 Å². The average Bonchev–Trinajstić information content (AvgIpc) is 3.06. The summed E-state index contributed by atoms with van der Waals surface area (Å²) in [6.45, 7) is 0.278. The molecule has 0 saturated heterocycles. The van der Waals surface area contributed by atoms with Crippen LogP contribution in [-0.2, 0) is 33.5 Å². The summed E-state index contributed by atoms with van der Waals surface area (Å²) in [5, 5.41) is 0. The van der Waals surface area contributed by atoms with Crippen molar-refractivity contribution in [1.82, 2.24) is 4.57 Å². The quantitative estimate of drug-likeness (QED) is 0.458. The van der Waals surface area contributed by atoms with Crippen LogP contribution in [0.1, 0.15) is 21.5 Å². The van der Waals surface area contributed by atoms with Gasteiger partial charge < -0.3 is 9.30 Å². The number of ether oxygens (including phenoxy) is 1. The minimum Gasteiger partial charge on any atom is -0.383 e. The molecule has 0 spiro atoms. The van der Waals surface area contributed by atoms with Crippen LogP contribution in [-0.4, -0.2) is 38.9 Å². The van der Waals surface area contributed by atoms with Crippen molar-refractivity contribution >= 4 is 37.3 Å². The number of halogens is 6. The van der Waals surface area contributed by atoms with Crippen molar-refractivity contribution in [3.05, 3.63) is 57.9 Å². The smallest absolute Gasteiger partial charge is 0.383 e. The van der Waals surface area contributed by atoms with Crippen LogP contribution in [0.15, 0.2) is 46.3 Å². The molecule has 0 saturated carbocycles. The number of carbonyl (C=O) groups is 1. The van der Waals surface area contributed by atoms with Crippen LogP contribution >= 0.6 is 11.3 Å². The number of hydrogen-bond acceptors (Lipinski definition) is 5. The van der Waals surface area contributed by atoms with Crippen molar-refractivity contribution in [3.8, 4) is 0 Å². The predicted octanol–water partition coefficient (Wildman–Crippen LogP) is 4.53. The van der Waals surface area contributed by atoms with Crippen LogP contribution < -0.4 is 4.80 Å². The van der Waals surface area contributed by atoms with Crippen LogP contribution in [0.2, 0.25) is 0 Å². The van der Waals surface area contributed by atoms with E-state index in [9.17, 15) is 39.6 Å². The molecule has 3 aromatic rings. The second kappa shape index (κ2) is 9.15. The lowest BCUT2D eigenvalue weighted by molar-refractivity contribution is -0.143. The first-order valence-electron chi connectivity index (χ1n) is 9.32. The Bertz CT molecular complexity index is 1390. The van der Waals surface area contributed by atoms with E-state index in [-0.39, 0.29) is 28.9 Å². The standard InChI is InChI=1S/C20H16F6N2O4S2/c1-32-6-5-28-15-4-3-14(34(2,30)31)10-16(15)33-18(28)27-17(29)11-7-12(19(21,22)23)9-13(8-11)20(24,25)26/h3-4,7-10H,5-6H2,1-2H3. The summed E-state index contributed by atoms with van der Waals surface area (Å²) < 4.78 is 109. The van der Waals surface area contributed by atoms with E-state index in [0.717, 1.165) is 17.6 Å². The number of methoxy groups -OCH3 is 1. The molecule has 0 unspecified atom stereocenters. The first kappa shape index (κ1) is 25.9. The summed E-state index contributed by atoms with van der Waals surface area (Å²) >= 11 is 0.858. The Morgan fingerprint density at radius 2 is 1.62 bits per heavy atom. The second-order valence-corrected chi connectivity index (χ2v) is 10.2. The van der Waals surface area contributed by atoms with Crippen molar-refractivity contribution in [1.29, 1.82) is 0 Å². The zero-order valence-electron chi connectivity index (χ0n) is 17.5. The van der Waals surface area contributed by atoms with Gasteiger partial charge in [-0.15, -0.1) is 0 Å². The maximum Gasteiger partial charge on any atom is 0.416 e. The van der Waals surface area contributed by atoms with Crippen molar-refractivity contribution < 1.29 is 44.3 Å². The minimum atomic E-state index is -5.12. The Morgan fingerprint density at radius 3 is 2.12 bits per heavy atom. The second-order valence-electron chi connectivity index (χ2n) is 7.14. The molecule has 1 heterocycles. The monoisotopic (exact) mass is 526 g/mol. The van der Waals surface area contributed by atoms with Gasteiger partial charge in [0, 0.05) is 25.5 Å². The predicted molar refractivity (Wildman–Crippen MR) is 111 cm³/mol. The molecule has 0 atom stereocenters. The van der Waals surface area contributed by atoms with E-state index < -0.39 is 44.8 Å². The molecule has 0 fully saturated rings. The number of rotatable bonds is 5. The molecule has 2 aromatic carbocycles. The Kier molecular flexibility index (Phi) is 6.97. The number of hydrogen-bond donors (Lipinski definition) is 0. The first-order valence-corrected chi connectivity index (χ1v) is 12.0. The van der Waals surface area contributed by atoms with Gasteiger partial charge in [0.2, 0.25) is 0 Å². The molecule has 1 aromatic heterocycles. The summed E-state index contributed by atoms with van der Waals surface area (Å²) in [6.07, 6.45) is -9.23. The zero-order chi connectivity index (χ0) is 25.5. The summed E-state index contributed by atoms with van der Waals surface area (Å²) in [6, 6.07) is 4.66. The molecule has 34 heavy (non-hydrogen) atoms. The highest BCUT2D eigenvalue weighted by atomic mass is 32.2. The van der Waals surface area contributed by atoms with Gasteiger partial charge >= 0.3 is 12.4 Å². The Morgan fingerprint density at radius 1 is 1.03 bits per heavy atom. The molecule has 0 aliphatic rings. The zero-order valence-corrected chi connectivity index (χ0v) is 19.1. The molecular weight excluding hydrogens is 510 g/mol. The normalized spacial score (nSPS) is 13.6. The average molecular weight is 526 g/mol. The van der Waals surface area contributed by atoms with Crippen molar-refractivity contribution in [2.75, 3.05) is 20.0 Å². The number of amides is 1. The fraction of sp³-hybridized carbons (Fsp3) is 0.300. The lowest BCUT2D eigenvalue weighted by Gasteiger charge is -2.13. The largest absolute Gasteiger partial charge is 0.416 e. The molecule has 0 aliphatic carbocycles. The van der Waals surface area contributed by atoms with Gasteiger partial charge in [-0.05, 0) is 36.4 Å². The van der Waals surface area contributed by atoms with Crippen molar-refractivity contribution in [3.63, 3.8) is 0 Å². The van der Waals surface area contributed by atoms with Gasteiger partial charge in [0.25, 0.3) is 5.91 Å². The molecule has 6 nitrogen and oxygen atoms in total. The van der Waals surface area contributed by atoms with Crippen LogP contribution in [0.5, 0.6) is 0 Å². The van der Waals surface area contributed by atoms with Crippen LogP contribution in [0.4, 0.5) is 26.3 Å². The third kappa shape index (κ3) is 5.67. The Labute approximate surface area is 193 Å². The highest BCUT2D eigenvalue weighted by Gasteiger charge is 2.37. The number of nitrogens with zero attached hydrogens (tertiary/aromatic N) is 2. The molecular formula is C20H16F6N2O4S2. The first-order chi connectivity index (χ1) is 15.6. The summed E-state index contributed by atoms with van der Waals surface area (Å²) in [5.74, 6) is -1.32. The molecule has 0 bridgehead atoms. The van der Waals surface area contributed by atoms with E-state index >= 15 is 0 Å². The van der Waals surface area contributed by atoms with Crippen molar-refractivity contribution in [2.24, 2.45) is 4.99 Å². The van der Waals surface area contributed by atoms with E-state index in [2.05, 4.69) is 4.99 Å². The third-order valence-electron chi connectivity index (χ3n) is 4.63. The maximum absolute atomic E-state index is 13.1. The number of aromatic nitrogens is 1. The maximum atomic E-state index is 13.1. The van der Waals surface area contributed by atoms with E-state index in [0.29, 0.717) is 22.3 Å². The molecule has 1 amide bonds. The number of thiazole rings is 1. The lowest BCUT2D eigenvalue weighted by atomic mass is 10.0. The van der Waals surface area contributed by atoms with Crippen molar-refractivity contribution in [2.45, 2.75) is 23.8 Å². The molecule has 14 heteroatoms. The van der Waals surface area contributed by atoms with E-state index in [4.69, 9.17) is 4.74 Å². The Hall–Kier alpha value is -2.71. The molecule has 3 rings (SSSR count). The highest BCUT2D eigenvalue weighted by Crippen LogP contribution is 2.36. The van der Waals surface area contributed by atoms with Gasteiger partial charge in [0.15, 0.2) is 14.6 Å². The van der Waals surface area contributed by atoms with E-state index in [1.165, 1.54) is 29.9 Å². The number of alkyl halides is 6. The summed E-state index contributed by atoms with van der Waals surface area (Å²) in [7, 11) is -2.15. The summed E-state index contributed by atoms with van der Waals surface area (Å²) in [4.78, 5) is 16.4. The summed E-state index contributed by atoms with van der Waals surface area (Å²) in [5.41, 5.74) is -3.71. The topological polar surface area (TPSA) is 77.7 Å². The number of carbonyl (C=O) groups excluding carboxylic acids is 1. The van der Waals surface area contributed by atoms with Crippen LogP contribution in [0, 0.1) is 0 Å². The fourth-order valence-corrected chi connectivity index (χ4v) is 4.81. The third-order valence-corrected chi connectivity index (χ3v) is 6.78. The number of benzene rings is 2. The molecule has 0 radical (unpaired) electrons. The van der Waals surface area contributed by atoms with Gasteiger partial charge in [-0.1, -0.05) is 11.3 Å². The van der Waals surface area contributed by atoms with E-state index in [1.54, 1.807) is 0 Å². The van der Waals surface area contributed by atoms with Gasteiger partial charge in [0.1, 0.15) is 0 Å². The fourth-order valence-electron chi connectivity index (χ4n) is 3.00. The lowest BCUT2D eigenvalue weighted by Crippen LogP contribution is -2.20. The van der Waals surface area contributed by atoms with E-state index in [1.807, 2.05) is 0 Å². The van der Waals surface area contributed by atoms with Crippen LogP contribution in [0.25, 0.3) is 10.2 Å². The molecule has 0 aliphatic heterocycles. The number of sulfone groups is 1. The SMILES string of the molecule is COCCn1c(=NC(=O)c2cc(C(F)(F)F)cc(C(F)(F)F)c2)sc2cc(S(C)(=O)=O)ccc21. The minimum absolute atomic E-state index is 0.00860.